The molecular formula is C31H41N7O2. The quantitative estimate of drug-likeness (QED) is 0.440. The van der Waals surface area contributed by atoms with Crippen LogP contribution in [0.2, 0.25) is 0 Å². The molecule has 2 aliphatic heterocycles. The van der Waals surface area contributed by atoms with E-state index >= 15 is 0 Å². The van der Waals surface area contributed by atoms with Crippen molar-refractivity contribution in [1.29, 1.82) is 5.26 Å². The topological polar surface area (TPSA) is 98.5 Å². The highest BCUT2D eigenvalue weighted by molar-refractivity contribution is 5.87. The van der Waals surface area contributed by atoms with Crippen LogP contribution in [0.15, 0.2) is 31.1 Å². The normalized spacial score (nSPS) is 23.0. The summed E-state index contributed by atoms with van der Waals surface area (Å²) >= 11 is 0. The molecule has 2 aromatic heterocycles. The van der Waals surface area contributed by atoms with Crippen molar-refractivity contribution in [3.8, 4) is 12.1 Å². The number of hydrogen-bond acceptors (Lipinski definition) is 8. The fraction of sp³-hybridized carbons (Fsp3) is 0.581. The van der Waals surface area contributed by atoms with E-state index in [9.17, 15) is 10.1 Å². The van der Waals surface area contributed by atoms with Gasteiger partial charge in [0.1, 0.15) is 12.4 Å². The Morgan fingerprint density at radius 2 is 2.10 bits per heavy atom. The third-order valence-corrected chi connectivity index (χ3v) is 8.94. The average Bonchev–Trinajstić information content (AvgIpc) is 3.39. The van der Waals surface area contributed by atoms with E-state index in [0.29, 0.717) is 44.2 Å². The smallest absolute Gasteiger partial charge is 0.318 e. The maximum Gasteiger partial charge on any atom is 0.318 e. The number of fused-ring (bicyclic) bond motifs is 1. The molecule has 1 amide bonds. The van der Waals surface area contributed by atoms with Crippen molar-refractivity contribution in [2.45, 2.75) is 76.3 Å². The largest absolute Gasteiger partial charge is 0.462 e. The van der Waals surface area contributed by atoms with Gasteiger partial charge >= 0.3 is 6.01 Å². The van der Waals surface area contributed by atoms with E-state index < -0.39 is 0 Å². The first-order valence-corrected chi connectivity index (χ1v) is 14.7. The van der Waals surface area contributed by atoms with Crippen LogP contribution in [-0.4, -0.2) is 82.6 Å². The molecule has 0 N–H and O–H groups in total. The van der Waals surface area contributed by atoms with E-state index in [0.717, 1.165) is 49.3 Å². The molecule has 0 spiro atoms. The Morgan fingerprint density at radius 1 is 1.23 bits per heavy atom. The van der Waals surface area contributed by atoms with Crippen LogP contribution >= 0.6 is 0 Å². The highest BCUT2D eigenvalue weighted by Crippen LogP contribution is 2.36. The van der Waals surface area contributed by atoms with Crippen molar-refractivity contribution in [2.24, 2.45) is 0 Å². The number of carbonyl (C=O) groups excluding carboxylic acids is 1. The van der Waals surface area contributed by atoms with E-state index in [4.69, 9.17) is 14.7 Å². The second kappa shape index (κ2) is 12.8. The summed E-state index contributed by atoms with van der Waals surface area (Å²) in [5.41, 5.74) is 4.86. The number of aryl methyl sites for hydroxylation is 2. The Labute approximate surface area is 237 Å². The minimum absolute atomic E-state index is 0.130. The molecule has 212 valence electrons. The molecule has 2 fully saturated rings. The van der Waals surface area contributed by atoms with Crippen molar-refractivity contribution in [1.82, 2.24) is 24.8 Å². The zero-order valence-electron chi connectivity index (χ0n) is 23.9. The minimum atomic E-state index is -0.221. The molecule has 9 heteroatoms. The van der Waals surface area contributed by atoms with Gasteiger partial charge < -0.3 is 19.4 Å². The van der Waals surface area contributed by atoms with Gasteiger partial charge in [-0.2, -0.15) is 10.2 Å². The molecule has 3 aliphatic rings. The Hall–Kier alpha value is -3.51. The Kier molecular flexibility index (Phi) is 8.95. The van der Waals surface area contributed by atoms with Crippen LogP contribution in [0.3, 0.4) is 0 Å². The van der Waals surface area contributed by atoms with Gasteiger partial charge in [0.15, 0.2) is 0 Å². The third-order valence-electron chi connectivity index (χ3n) is 8.94. The van der Waals surface area contributed by atoms with Crippen LogP contribution in [0.4, 0.5) is 5.82 Å². The summed E-state index contributed by atoms with van der Waals surface area (Å²) < 4.78 is 6.19. The van der Waals surface area contributed by atoms with Gasteiger partial charge in [-0.15, -0.1) is 0 Å². The van der Waals surface area contributed by atoms with Crippen molar-refractivity contribution >= 4 is 11.7 Å². The molecule has 5 rings (SSSR count). The molecule has 1 aliphatic carbocycles. The molecule has 9 nitrogen and oxygen atoms in total. The van der Waals surface area contributed by atoms with Gasteiger partial charge in [0.05, 0.1) is 18.5 Å². The number of rotatable bonds is 9. The van der Waals surface area contributed by atoms with Crippen LogP contribution in [0.5, 0.6) is 6.01 Å². The van der Waals surface area contributed by atoms with E-state index in [1.807, 2.05) is 12.4 Å². The van der Waals surface area contributed by atoms with Crippen molar-refractivity contribution < 1.29 is 9.53 Å². The summed E-state index contributed by atoms with van der Waals surface area (Å²) in [4.78, 5) is 33.0. The Bertz CT molecular complexity index is 1260. The van der Waals surface area contributed by atoms with Gasteiger partial charge in [-0.1, -0.05) is 6.58 Å². The number of amides is 1. The SMILES string of the molecule is C=CC(=O)N1CCN(c2nc(OC[C@@H]3CCCN3C)nc(C)c2CC[C@H]2CCCc3cnccc32)C[C@@H]1CC#N. The molecular weight excluding hydrogens is 502 g/mol. The molecule has 0 saturated carbocycles. The predicted molar refractivity (Wildman–Crippen MR) is 154 cm³/mol. The van der Waals surface area contributed by atoms with Crippen LogP contribution in [-0.2, 0) is 17.6 Å². The standard InChI is InChI=1S/C31H41N7O2/c1-4-29(39)38-18-17-37(20-25(38)12-14-32)30-27(11-10-23-7-5-8-24-19-33-15-13-28(23)24)22(2)34-31(35-30)40-21-26-9-6-16-36(26)3/h4,13,15,19,23,25-26H,1,5-12,16-18,20-21H2,2-3H3/t23-,25+,26+/m1/s1. The molecule has 3 atom stereocenters. The lowest BCUT2D eigenvalue weighted by molar-refractivity contribution is -0.128. The lowest BCUT2D eigenvalue weighted by Gasteiger charge is -2.41. The van der Waals surface area contributed by atoms with Crippen molar-refractivity contribution in [3.05, 3.63) is 53.5 Å². The van der Waals surface area contributed by atoms with Gasteiger partial charge in [-0.25, -0.2) is 4.98 Å². The number of ether oxygens (including phenoxy) is 1. The maximum atomic E-state index is 12.5. The first-order valence-electron chi connectivity index (χ1n) is 14.7. The number of piperazine rings is 1. The summed E-state index contributed by atoms with van der Waals surface area (Å²) in [5, 5.41) is 9.51. The Balaban J connectivity index is 1.41. The summed E-state index contributed by atoms with van der Waals surface area (Å²) in [6.07, 6.45) is 13.2. The van der Waals surface area contributed by atoms with E-state index in [-0.39, 0.29) is 18.4 Å². The molecule has 2 aromatic rings. The van der Waals surface area contributed by atoms with Crippen LogP contribution in [0.1, 0.15) is 66.8 Å². The van der Waals surface area contributed by atoms with Crippen LogP contribution in [0.25, 0.3) is 0 Å². The number of carbonyl (C=O) groups is 1. The third kappa shape index (κ3) is 6.12. The fourth-order valence-electron chi connectivity index (χ4n) is 6.63. The molecule has 0 unspecified atom stereocenters. The number of hydrogen-bond donors (Lipinski definition) is 0. The number of nitrogens with zero attached hydrogens (tertiary/aromatic N) is 7. The minimum Gasteiger partial charge on any atom is -0.462 e. The summed E-state index contributed by atoms with van der Waals surface area (Å²) in [7, 11) is 2.14. The summed E-state index contributed by atoms with van der Waals surface area (Å²) in [6, 6.07) is 5.02. The van der Waals surface area contributed by atoms with E-state index in [2.05, 4.69) is 47.5 Å². The number of likely N-dealkylation sites (tertiary alicyclic amines) is 1. The maximum absolute atomic E-state index is 12.5. The number of aromatic nitrogens is 3. The molecule has 40 heavy (non-hydrogen) atoms. The van der Waals surface area contributed by atoms with Gasteiger partial charge in [-0.05, 0) is 94.6 Å². The molecule has 0 bridgehead atoms. The summed E-state index contributed by atoms with van der Waals surface area (Å²) in [5.74, 6) is 1.23. The van der Waals surface area contributed by atoms with Gasteiger partial charge in [0.25, 0.3) is 0 Å². The first kappa shape index (κ1) is 28.0. The zero-order chi connectivity index (χ0) is 28.1. The number of likely N-dealkylation sites (N-methyl/N-ethyl adjacent to an activating group) is 1. The zero-order valence-corrected chi connectivity index (χ0v) is 23.9. The molecule has 0 radical (unpaired) electrons. The fourth-order valence-corrected chi connectivity index (χ4v) is 6.63. The van der Waals surface area contributed by atoms with Crippen LogP contribution < -0.4 is 9.64 Å². The predicted octanol–water partition coefficient (Wildman–Crippen LogP) is 3.82. The lowest BCUT2D eigenvalue weighted by atomic mass is 9.80. The van der Waals surface area contributed by atoms with Crippen molar-refractivity contribution in [2.75, 3.05) is 44.7 Å². The monoisotopic (exact) mass is 543 g/mol. The second-order valence-electron chi connectivity index (χ2n) is 11.4. The second-order valence-corrected chi connectivity index (χ2v) is 11.4. The van der Waals surface area contributed by atoms with Crippen LogP contribution in [0, 0.1) is 18.3 Å². The Morgan fingerprint density at radius 3 is 2.88 bits per heavy atom. The van der Waals surface area contributed by atoms with Gasteiger partial charge in [-0.3, -0.25) is 9.78 Å². The molecule has 4 heterocycles. The summed E-state index contributed by atoms with van der Waals surface area (Å²) in [6.45, 7) is 9.06. The highest BCUT2D eigenvalue weighted by atomic mass is 16.5. The first-order chi connectivity index (χ1) is 19.5. The molecule has 0 aromatic carbocycles. The number of anilines is 1. The number of pyridine rings is 1. The van der Waals surface area contributed by atoms with Crippen molar-refractivity contribution in [3.63, 3.8) is 0 Å². The van der Waals surface area contributed by atoms with E-state index in [1.54, 1.807) is 4.90 Å². The average molecular weight is 544 g/mol. The molecule has 2 saturated heterocycles. The number of nitriles is 1. The lowest BCUT2D eigenvalue weighted by Crippen LogP contribution is -2.55. The highest BCUT2D eigenvalue weighted by Gasteiger charge is 2.32. The van der Waals surface area contributed by atoms with Gasteiger partial charge in [0, 0.05) is 49.3 Å². The van der Waals surface area contributed by atoms with E-state index in [1.165, 1.54) is 36.5 Å². The van der Waals surface area contributed by atoms with Gasteiger partial charge in [0.2, 0.25) is 5.91 Å².